The van der Waals surface area contributed by atoms with Crippen LogP contribution in [0.2, 0.25) is 0 Å². The van der Waals surface area contributed by atoms with Gasteiger partial charge in [-0.3, -0.25) is 4.55 Å². The average Bonchev–Trinajstić information content (AvgIpc) is 2.41. The second-order valence-electron chi connectivity index (χ2n) is 5.79. The van der Waals surface area contributed by atoms with Crippen molar-refractivity contribution in [3.8, 4) is 0 Å². The van der Waals surface area contributed by atoms with E-state index in [1.807, 2.05) is 0 Å². The molecule has 1 fully saturated rings. The maximum Gasteiger partial charge on any atom is 0.319 e. The van der Waals surface area contributed by atoms with Crippen LogP contribution in [-0.4, -0.2) is 31.8 Å². The molecule has 0 radical (unpaired) electrons. The van der Waals surface area contributed by atoms with E-state index in [1.165, 1.54) is 44.9 Å². The molecule has 2 N–H and O–H groups in total. The van der Waals surface area contributed by atoms with Crippen molar-refractivity contribution in [3.63, 3.8) is 0 Å². The van der Waals surface area contributed by atoms with Crippen molar-refractivity contribution in [3.05, 3.63) is 0 Å². The molecule has 1 saturated carbocycles. The molecule has 1 aliphatic carbocycles. The summed E-state index contributed by atoms with van der Waals surface area (Å²) in [6, 6.07) is 0. The highest BCUT2D eigenvalue weighted by Crippen LogP contribution is 2.33. The molecule has 0 aromatic carbocycles. The molecule has 0 atom stereocenters. The fourth-order valence-corrected chi connectivity index (χ4v) is 4.28. The lowest BCUT2D eigenvalue weighted by atomic mass is 9.79. The quantitative estimate of drug-likeness (QED) is 0.366. The average molecular weight is 324 g/mol. The van der Waals surface area contributed by atoms with Crippen LogP contribution < -0.4 is 5.32 Å². The first-order valence-corrected chi connectivity index (χ1v) is 10.8. The first-order valence-electron chi connectivity index (χ1n) is 7.83. The predicted molar refractivity (Wildman–Crippen MR) is 86.5 cm³/mol. The van der Waals surface area contributed by atoms with Crippen LogP contribution in [0, 0.1) is 11.8 Å². The van der Waals surface area contributed by atoms with Gasteiger partial charge in [-0.25, -0.2) is 0 Å². The molecular formula is C14H29NO3S2. The molecule has 0 bridgehead atoms. The molecule has 0 aliphatic heterocycles. The molecule has 1 rings (SSSR count). The Balaban J connectivity index is 1.88. The summed E-state index contributed by atoms with van der Waals surface area (Å²) < 4.78 is 29.5. The van der Waals surface area contributed by atoms with Crippen molar-refractivity contribution in [2.24, 2.45) is 11.8 Å². The molecule has 0 unspecified atom stereocenters. The maximum atomic E-state index is 10.5. The number of hydrogen-bond donors (Lipinski definition) is 2. The minimum atomic E-state index is -3.87. The first-order chi connectivity index (χ1) is 9.51. The van der Waals surface area contributed by atoms with Gasteiger partial charge in [-0.2, -0.15) is 8.42 Å². The lowest BCUT2D eigenvalue weighted by Crippen LogP contribution is -2.19. The van der Waals surface area contributed by atoms with Gasteiger partial charge in [0.05, 0.1) is 0 Å². The van der Waals surface area contributed by atoms with Gasteiger partial charge < -0.3 is 5.32 Å². The summed E-state index contributed by atoms with van der Waals surface area (Å²) >= 11 is 0. The van der Waals surface area contributed by atoms with Crippen LogP contribution in [0.15, 0.2) is 0 Å². The third-order valence-electron chi connectivity index (χ3n) is 4.27. The van der Waals surface area contributed by atoms with Crippen LogP contribution in [0.1, 0.15) is 58.3 Å². The van der Waals surface area contributed by atoms with Crippen LogP contribution in [0.5, 0.6) is 0 Å². The zero-order valence-corrected chi connectivity index (χ0v) is 14.1. The molecule has 0 aromatic heterocycles. The predicted octanol–water partition coefficient (Wildman–Crippen LogP) is 3.50. The van der Waals surface area contributed by atoms with Gasteiger partial charge in [-0.15, -0.1) is 0 Å². The highest BCUT2D eigenvalue weighted by Gasteiger charge is 2.19. The van der Waals surface area contributed by atoms with Gasteiger partial charge in [0, 0.05) is 12.3 Å². The van der Waals surface area contributed by atoms with Crippen molar-refractivity contribution in [2.75, 3.05) is 18.8 Å². The van der Waals surface area contributed by atoms with Crippen molar-refractivity contribution >= 4 is 19.9 Å². The Labute approximate surface area is 127 Å². The Morgan fingerprint density at radius 2 is 1.75 bits per heavy atom. The summed E-state index contributed by atoms with van der Waals surface area (Å²) in [7, 11) is -3.28. The molecule has 6 heteroatoms. The summed E-state index contributed by atoms with van der Waals surface area (Å²) in [5.74, 6) is 2.32. The number of hydrogen-bond acceptors (Lipinski definition) is 4. The molecular weight excluding hydrogens is 294 g/mol. The normalized spacial score (nSPS) is 23.9. The molecule has 20 heavy (non-hydrogen) atoms. The van der Waals surface area contributed by atoms with Gasteiger partial charge in [0.1, 0.15) is 0 Å². The molecule has 0 spiro atoms. The number of rotatable bonds is 10. The van der Waals surface area contributed by atoms with Crippen molar-refractivity contribution in [2.45, 2.75) is 58.3 Å². The fraction of sp³-hybridized carbons (Fsp3) is 1.00. The van der Waals surface area contributed by atoms with Crippen LogP contribution >= 0.6 is 10.8 Å². The highest BCUT2D eigenvalue weighted by molar-refractivity contribution is 8.69. The van der Waals surface area contributed by atoms with Gasteiger partial charge in [0.15, 0.2) is 0 Å². The van der Waals surface area contributed by atoms with Gasteiger partial charge in [-0.05, 0) is 35.6 Å². The van der Waals surface area contributed by atoms with Crippen LogP contribution in [-0.2, 0) is 9.15 Å². The second-order valence-corrected chi connectivity index (χ2v) is 9.26. The summed E-state index contributed by atoms with van der Waals surface area (Å²) in [5.41, 5.74) is 0. The van der Waals surface area contributed by atoms with Crippen LogP contribution in [0.4, 0.5) is 0 Å². The van der Waals surface area contributed by atoms with E-state index in [0.29, 0.717) is 23.1 Å². The Hall–Kier alpha value is 0.220. The molecule has 1 aliphatic rings. The molecule has 0 amide bonds. The minimum absolute atomic E-state index is 0.403. The largest absolute Gasteiger partial charge is 0.319 e. The third-order valence-corrected chi connectivity index (χ3v) is 6.33. The van der Waals surface area contributed by atoms with Gasteiger partial charge in [0.2, 0.25) is 0 Å². The smallest absolute Gasteiger partial charge is 0.316 e. The SMILES string of the molecule is CCC1CCC(CCCCNCCSS(=O)(=O)O)CC1. The van der Waals surface area contributed by atoms with Gasteiger partial charge >= 0.3 is 9.15 Å². The number of nitrogens with one attached hydrogen (secondary N) is 1. The Morgan fingerprint density at radius 1 is 1.10 bits per heavy atom. The van der Waals surface area contributed by atoms with E-state index in [1.54, 1.807) is 0 Å². The van der Waals surface area contributed by atoms with E-state index in [2.05, 4.69) is 12.2 Å². The molecule has 120 valence electrons. The molecule has 0 aromatic rings. The monoisotopic (exact) mass is 323 g/mol. The topological polar surface area (TPSA) is 66.4 Å². The Bertz CT molecular complexity index is 338. The summed E-state index contributed by atoms with van der Waals surface area (Å²) in [6.45, 7) is 3.87. The lowest BCUT2D eigenvalue weighted by Gasteiger charge is -2.27. The third kappa shape index (κ3) is 9.21. The van der Waals surface area contributed by atoms with Crippen molar-refractivity contribution < 1.29 is 13.0 Å². The second kappa shape index (κ2) is 10.0. The number of unbranched alkanes of at least 4 members (excludes halogenated alkanes) is 1. The van der Waals surface area contributed by atoms with Gasteiger partial charge in [-0.1, -0.05) is 51.9 Å². The van der Waals surface area contributed by atoms with E-state index >= 15 is 0 Å². The zero-order valence-electron chi connectivity index (χ0n) is 12.5. The Kier molecular flexibility index (Phi) is 9.16. The maximum absolute atomic E-state index is 10.5. The lowest BCUT2D eigenvalue weighted by molar-refractivity contribution is 0.254. The van der Waals surface area contributed by atoms with E-state index in [4.69, 9.17) is 4.55 Å². The van der Waals surface area contributed by atoms with E-state index in [0.717, 1.165) is 24.8 Å². The summed E-state index contributed by atoms with van der Waals surface area (Å²) in [6.07, 6.45) is 10.8. The highest BCUT2D eigenvalue weighted by atomic mass is 33.1. The van der Waals surface area contributed by atoms with Crippen LogP contribution in [0.25, 0.3) is 0 Å². The van der Waals surface area contributed by atoms with E-state index in [-0.39, 0.29) is 0 Å². The van der Waals surface area contributed by atoms with Crippen LogP contribution in [0.3, 0.4) is 0 Å². The van der Waals surface area contributed by atoms with E-state index < -0.39 is 9.15 Å². The summed E-state index contributed by atoms with van der Waals surface area (Å²) in [5, 5.41) is 3.22. The standard InChI is InChI=1S/C14H29NO3S2/c1-2-13-6-8-14(9-7-13)5-3-4-10-15-11-12-19-20(16,17)18/h13-15H,2-12H2,1H3,(H,16,17,18). The first kappa shape index (κ1) is 18.3. The van der Waals surface area contributed by atoms with E-state index in [9.17, 15) is 8.42 Å². The van der Waals surface area contributed by atoms with Crippen molar-refractivity contribution in [1.82, 2.24) is 5.32 Å². The minimum Gasteiger partial charge on any atom is -0.316 e. The zero-order chi connectivity index (χ0) is 14.8. The Morgan fingerprint density at radius 3 is 2.35 bits per heavy atom. The fourth-order valence-electron chi connectivity index (χ4n) is 2.96. The molecule has 0 heterocycles. The molecule has 4 nitrogen and oxygen atoms in total. The molecule has 0 saturated heterocycles. The summed E-state index contributed by atoms with van der Waals surface area (Å²) in [4.78, 5) is 0. The van der Waals surface area contributed by atoms with Gasteiger partial charge in [0.25, 0.3) is 0 Å². The van der Waals surface area contributed by atoms with Crippen molar-refractivity contribution in [1.29, 1.82) is 0 Å².